The van der Waals surface area contributed by atoms with Gasteiger partial charge >= 0.3 is 0 Å². The fourth-order valence-electron chi connectivity index (χ4n) is 2.62. The zero-order valence-electron chi connectivity index (χ0n) is 15.0. The minimum absolute atomic E-state index is 0.759. The predicted molar refractivity (Wildman–Crippen MR) is 96.6 cm³/mol. The van der Waals surface area contributed by atoms with E-state index in [1.165, 1.54) is 0 Å². The third-order valence-corrected chi connectivity index (χ3v) is 4.08. The highest BCUT2D eigenvalue weighted by Crippen LogP contribution is 2.09. The van der Waals surface area contributed by atoms with Crippen LogP contribution in [0.2, 0.25) is 0 Å². The summed E-state index contributed by atoms with van der Waals surface area (Å²) in [5.74, 6) is 1.77. The minimum Gasteiger partial charge on any atom is -0.383 e. The highest BCUT2D eigenvalue weighted by molar-refractivity contribution is 5.80. The number of hydrogen-bond acceptors (Lipinski definition) is 6. The zero-order valence-corrected chi connectivity index (χ0v) is 15.0. The Bertz CT molecular complexity index is 488. The molecule has 8 nitrogen and oxygen atoms in total. The highest BCUT2D eigenvalue weighted by atomic mass is 16.5. The summed E-state index contributed by atoms with van der Waals surface area (Å²) in [5, 5.41) is 3.44. The van der Waals surface area contributed by atoms with Gasteiger partial charge in [-0.1, -0.05) is 0 Å². The Balaban J connectivity index is 1.73. The maximum atomic E-state index is 5.09. The van der Waals surface area contributed by atoms with Crippen LogP contribution in [0, 0.1) is 0 Å². The Morgan fingerprint density at radius 1 is 1.25 bits per heavy atom. The van der Waals surface area contributed by atoms with Gasteiger partial charge in [-0.25, -0.2) is 9.97 Å². The molecular formula is C16H29N7O. The average Bonchev–Trinajstić information content (AvgIpc) is 2.64. The first-order chi connectivity index (χ1) is 11.7. The van der Waals surface area contributed by atoms with Crippen molar-refractivity contribution in [3.63, 3.8) is 0 Å². The van der Waals surface area contributed by atoms with Crippen molar-refractivity contribution in [1.82, 2.24) is 25.1 Å². The predicted octanol–water partition coefficient (Wildman–Crippen LogP) is -0.248. The van der Waals surface area contributed by atoms with Crippen LogP contribution in [0.25, 0.3) is 0 Å². The van der Waals surface area contributed by atoms with Crippen LogP contribution in [-0.4, -0.2) is 99.4 Å². The Labute approximate surface area is 144 Å². The number of likely N-dealkylation sites (N-methyl/N-ethyl adjacent to an activating group) is 1. The SMILES string of the molecule is CN=C(NCCN(C)CCOC)N1CCN(c2ncccn2)CC1. The van der Waals surface area contributed by atoms with Gasteiger partial charge in [-0.15, -0.1) is 0 Å². The third kappa shape index (κ3) is 5.61. The van der Waals surface area contributed by atoms with Gasteiger partial charge in [-0.3, -0.25) is 4.99 Å². The molecular weight excluding hydrogens is 306 g/mol. The lowest BCUT2D eigenvalue weighted by Gasteiger charge is -2.36. The molecule has 134 valence electrons. The quantitative estimate of drug-likeness (QED) is 0.544. The number of piperazine rings is 1. The number of ether oxygens (including phenoxy) is 1. The maximum Gasteiger partial charge on any atom is 0.225 e. The molecule has 0 aliphatic carbocycles. The summed E-state index contributed by atoms with van der Waals surface area (Å²) in [6.45, 7) is 7.15. The van der Waals surface area contributed by atoms with Gasteiger partial charge in [0.25, 0.3) is 0 Å². The van der Waals surface area contributed by atoms with Crippen LogP contribution in [0.15, 0.2) is 23.5 Å². The standard InChI is InChI=1S/C16H29N7O/c1-17-15(20-7-8-21(2)13-14-24-3)22-9-11-23(12-10-22)16-18-5-4-6-19-16/h4-6H,7-14H2,1-3H3,(H,17,20). The van der Waals surface area contributed by atoms with Crippen molar-refractivity contribution in [2.24, 2.45) is 4.99 Å². The Morgan fingerprint density at radius 2 is 1.96 bits per heavy atom. The molecule has 2 heterocycles. The normalized spacial score (nSPS) is 15.9. The summed E-state index contributed by atoms with van der Waals surface area (Å²) >= 11 is 0. The van der Waals surface area contributed by atoms with E-state index in [-0.39, 0.29) is 0 Å². The lowest BCUT2D eigenvalue weighted by molar-refractivity contribution is 0.162. The summed E-state index contributed by atoms with van der Waals surface area (Å²) in [5.41, 5.74) is 0. The fraction of sp³-hybridized carbons (Fsp3) is 0.688. The van der Waals surface area contributed by atoms with Crippen molar-refractivity contribution in [3.05, 3.63) is 18.5 Å². The largest absolute Gasteiger partial charge is 0.383 e. The Hall–Kier alpha value is -1.93. The van der Waals surface area contributed by atoms with Gasteiger partial charge in [-0.2, -0.15) is 0 Å². The van der Waals surface area contributed by atoms with E-state index in [4.69, 9.17) is 4.74 Å². The zero-order chi connectivity index (χ0) is 17.2. The molecule has 1 aromatic rings. The molecule has 24 heavy (non-hydrogen) atoms. The van der Waals surface area contributed by atoms with Crippen molar-refractivity contribution in [2.75, 3.05) is 78.5 Å². The molecule has 1 saturated heterocycles. The second-order valence-electron chi connectivity index (χ2n) is 5.79. The van der Waals surface area contributed by atoms with Crippen LogP contribution in [0.5, 0.6) is 0 Å². The molecule has 1 aromatic heterocycles. The molecule has 0 unspecified atom stereocenters. The van der Waals surface area contributed by atoms with E-state index in [1.807, 2.05) is 13.1 Å². The summed E-state index contributed by atoms with van der Waals surface area (Å²) in [6.07, 6.45) is 3.57. The number of nitrogens with one attached hydrogen (secondary N) is 1. The number of aliphatic imine (C=N–C) groups is 1. The van der Waals surface area contributed by atoms with Crippen molar-refractivity contribution >= 4 is 11.9 Å². The fourth-order valence-corrected chi connectivity index (χ4v) is 2.62. The Kier molecular flexibility index (Phi) is 7.70. The van der Waals surface area contributed by atoms with Gasteiger partial charge in [0.05, 0.1) is 6.61 Å². The van der Waals surface area contributed by atoms with E-state index < -0.39 is 0 Å². The number of anilines is 1. The van der Waals surface area contributed by atoms with Gasteiger partial charge in [0, 0.05) is 72.4 Å². The lowest BCUT2D eigenvalue weighted by Crippen LogP contribution is -2.53. The molecule has 1 N–H and O–H groups in total. The first-order valence-corrected chi connectivity index (χ1v) is 8.39. The molecule has 0 bridgehead atoms. The van der Waals surface area contributed by atoms with Crippen LogP contribution < -0.4 is 10.2 Å². The van der Waals surface area contributed by atoms with Gasteiger partial charge in [0.15, 0.2) is 5.96 Å². The minimum atomic E-state index is 0.759. The second-order valence-corrected chi connectivity index (χ2v) is 5.79. The molecule has 0 radical (unpaired) electrons. The summed E-state index contributed by atoms with van der Waals surface area (Å²) < 4.78 is 5.09. The van der Waals surface area contributed by atoms with E-state index in [2.05, 4.69) is 42.0 Å². The molecule has 2 rings (SSSR count). The second kappa shape index (κ2) is 10.0. The first-order valence-electron chi connectivity index (χ1n) is 8.39. The molecule has 0 amide bonds. The van der Waals surface area contributed by atoms with E-state index in [1.54, 1.807) is 19.5 Å². The number of nitrogens with zero attached hydrogens (tertiary/aromatic N) is 6. The number of rotatable bonds is 7. The molecule has 8 heteroatoms. The number of methoxy groups -OCH3 is 1. The van der Waals surface area contributed by atoms with Crippen LogP contribution in [0.1, 0.15) is 0 Å². The molecule has 0 spiro atoms. The average molecular weight is 335 g/mol. The monoisotopic (exact) mass is 335 g/mol. The molecule has 0 atom stereocenters. The Morgan fingerprint density at radius 3 is 2.58 bits per heavy atom. The highest BCUT2D eigenvalue weighted by Gasteiger charge is 2.20. The van der Waals surface area contributed by atoms with E-state index in [0.717, 1.165) is 64.3 Å². The van der Waals surface area contributed by atoms with Gasteiger partial charge in [-0.05, 0) is 13.1 Å². The number of aromatic nitrogens is 2. The van der Waals surface area contributed by atoms with Gasteiger partial charge in [0.1, 0.15) is 0 Å². The van der Waals surface area contributed by atoms with Crippen molar-refractivity contribution in [1.29, 1.82) is 0 Å². The first kappa shape index (κ1) is 18.4. The van der Waals surface area contributed by atoms with E-state index in [9.17, 15) is 0 Å². The molecule has 1 fully saturated rings. The molecule has 1 aliphatic rings. The van der Waals surface area contributed by atoms with E-state index in [0.29, 0.717) is 0 Å². The van der Waals surface area contributed by atoms with Crippen molar-refractivity contribution < 1.29 is 4.74 Å². The summed E-state index contributed by atoms with van der Waals surface area (Å²) in [6, 6.07) is 1.84. The number of guanidine groups is 1. The van der Waals surface area contributed by atoms with Crippen LogP contribution in [-0.2, 0) is 4.74 Å². The summed E-state index contributed by atoms with van der Waals surface area (Å²) in [4.78, 5) is 19.8. The van der Waals surface area contributed by atoms with Gasteiger partial charge in [0.2, 0.25) is 5.95 Å². The smallest absolute Gasteiger partial charge is 0.225 e. The molecule has 0 aromatic carbocycles. The molecule has 1 aliphatic heterocycles. The van der Waals surface area contributed by atoms with Crippen molar-refractivity contribution in [2.45, 2.75) is 0 Å². The lowest BCUT2D eigenvalue weighted by atomic mass is 10.3. The van der Waals surface area contributed by atoms with Crippen molar-refractivity contribution in [3.8, 4) is 0 Å². The topological polar surface area (TPSA) is 69.1 Å². The van der Waals surface area contributed by atoms with Crippen LogP contribution in [0.4, 0.5) is 5.95 Å². The number of hydrogen-bond donors (Lipinski definition) is 1. The van der Waals surface area contributed by atoms with Crippen LogP contribution >= 0.6 is 0 Å². The summed E-state index contributed by atoms with van der Waals surface area (Å²) in [7, 11) is 5.67. The third-order valence-electron chi connectivity index (χ3n) is 4.08. The maximum absolute atomic E-state index is 5.09. The van der Waals surface area contributed by atoms with Crippen LogP contribution in [0.3, 0.4) is 0 Å². The van der Waals surface area contributed by atoms with E-state index >= 15 is 0 Å². The van der Waals surface area contributed by atoms with Gasteiger partial charge < -0.3 is 24.8 Å². The molecule has 0 saturated carbocycles.